The van der Waals surface area contributed by atoms with E-state index in [1.54, 1.807) is 23.1 Å². The van der Waals surface area contributed by atoms with Gasteiger partial charge in [-0.05, 0) is 92.4 Å². The molecule has 3 heterocycles. The van der Waals surface area contributed by atoms with Crippen LogP contribution in [-0.2, 0) is 24.3 Å². The van der Waals surface area contributed by atoms with Crippen LogP contribution in [0.4, 0.5) is 14.9 Å². The van der Waals surface area contributed by atoms with E-state index in [0.29, 0.717) is 61.6 Å². The second-order valence-electron chi connectivity index (χ2n) is 14.4. The molecule has 12 nitrogen and oxygen atoms in total. The summed E-state index contributed by atoms with van der Waals surface area (Å²) in [5.41, 5.74) is 1.82. The summed E-state index contributed by atoms with van der Waals surface area (Å²) >= 11 is 0. The van der Waals surface area contributed by atoms with Gasteiger partial charge < -0.3 is 34.0 Å². The molecule has 2 fully saturated rings. The number of piperazine rings is 2. The molecule has 5 rings (SSSR count). The summed E-state index contributed by atoms with van der Waals surface area (Å²) in [5.74, 6) is -0.885. The van der Waals surface area contributed by atoms with Crippen LogP contribution in [0.5, 0.6) is 5.75 Å². The minimum Gasteiger partial charge on any atom is -0.497 e. The third-order valence-electron chi connectivity index (χ3n) is 10.3. The SMILES string of the molecule is COc1ccc(S(=O)(=O)N2CCN(c3cc(F)cc(/C=C(\C)[C@H]4OC(=O)C[C@H](O)CC[C@H](C)[C@@H](OC(=O)N5CCN(C)CC5)/C=C\[C@@H]4C)c3)CC2)cc1. The first-order valence-corrected chi connectivity index (χ1v) is 19.8. The molecule has 0 aliphatic carbocycles. The van der Waals surface area contributed by atoms with Crippen molar-refractivity contribution < 1.29 is 41.7 Å². The number of sulfonamides is 1. The number of ether oxygens (including phenoxy) is 3. The number of aliphatic hydroxyl groups is 1. The Hall–Kier alpha value is -3.98. The van der Waals surface area contributed by atoms with Crippen molar-refractivity contribution in [2.75, 3.05) is 71.4 Å². The maximum absolute atomic E-state index is 15.1. The molecule has 0 unspecified atom stereocenters. The number of amides is 1. The highest BCUT2D eigenvalue weighted by Gasteiger charge is 2.31. The second-order valence-corrected chi connectivity index (χ2v) is 16.3. The van der Waals surface area contributed by atoms with E-state index in [1.807, 2.05) is 50.9 Å². The number of nitrogens with zero attached hydrogens (tertiary/aromatic N) is 4. The maximum atomic E-state index is 15.1. The number of halogens is 1. The van der Waals surface area contributed by atoms with E-state index >= 15 is 4.39 Å². The number of esters is 1. The van der Waals surface area contributed by atoms with Gasteiger partial charge in [-0.25, -0.2) is 17.6 Å². The molecule has 3 aliphatic rings. The summed E-state index contributed by atoms with van der Waals surface area (Å²) in [7, 11) is -0.171. The van der Waals surface area contributed by atoms with Gasteiger partial charge in [0.15, 0.2) is 0 Å². The number of anilines is 1. The molecule has 1 N–H and O–H groups in total. The highest BCUT2D eigenvalue weighted by atomic mass is 32.2. The van der Waals surface area contributed by atoms with Gasteiger partial charge in [-0.3, -0.25) is 4.79 Å². The van der Waals surface area contributed by atoms with Crippen LogP contribution >= 0.6 is 0 Å². The normalized spacial score (nSPS) is 26.6. The minimum absolute atomic E-state index is 0.106. The molecule has 1 amide bonds. The third kappa shape index (κ3) is 10.6. The fourth-order valence-electron chi connectivity index (χ4n) is 6.92. The van der Waals surface area contributed by atoms with Gasteiger partial charge in [-0.15, -0.1) is 0 Å². The monoisotopic (exact) mass is 756 g/mol. The molecule has 53 heavy (non-hydrogen) atoms. The zero-order valence-corrected chi connectivity index (χ0v) is 32.1. The molecule has 0 spiro atoms. The van der Waals surface area contributed by atoms with Crippen LogP contribution < -0.4 is 9.64 Å². The minimum atomic E-state index is -3.71. The Morgan fingerprint density at radius 2 is 1.64 bits per heavy atom. The summed E-state index contributed by atoms with van der Waals surface area (Å²) < 4.78 is 60.2. The largest absolute Gasteiger partial charge is 0.497 e. The van der Waals surface area contributed by atoms with Gasteiger partial charge in [0.25, 0.3) is 0 Å². The van der Waals surface area contributed by atoms with Crippen molar-refractivity contribution in [3.05, 3.63) is 71.6 Å². The third-order valence-corrected chi connectivity index (χ3v) is 12.2. The molecule has 0 radical (unpaired) electrons. The van der Waals surface area contributed by atoms with Gasteiger partial charge in [0.05, 0.1) is 24.5 Å². The molecule has 14 heteroatoms. The van der Waals surface area contributed by atoms with Gasteiger partial charge in [0.1, 0.15) is 23.8 Å². The van der Waals surface area contributed by atoms with Crippen LogP contribution in [0.1, 0.15) is 45.6 Å². The fourth-order valence-corrected chi connectivity index (χ4v) is 8.34. The van der Waals surface area contributed by atoms with Crippen LogP contribution in [0.15, 0.2) is 65.1 Å². The number of hydrogen-bond donors (Lipinski definition) is 1. The van der Waals surface area contributed by atoms with E-state index in [9.17, 15) is 23.1 Å². The van der Waals surface area contributed by atoms with Crippen molar-refractivity contribution in [1.29, 1.82) is 0 Å². The van der Waals surface area contributed by atoms with Crippen molar-refractivity contribution in [1.82, 2.24) is 14.1 Å². The number of carbonyl (C=O) groups is 2. The molecule has 0 bridgehead atoms. The summed E-state index contributed by atoms with van der Waals surface area (Å²) in [4.78, 5) is 32.1. The molecule has 5 atom stereocenters. The Morgan fingerprint density at radius 1 is 0.962 bits per heavy atom. The van der Waals surface area contributed by atoms with Crippen molar-refractivity contribution in [3.8, 4) is 5.75 Å². The van der Waals surface area contributed by atoms with E-state index in [0.717, 1.165) is 13.1 Å². The summed E-state index contributed by atoms with van der Waals surface area (Å²) in [6, 6.07) is 10.9. The van der Waals surface area contributed by atoms with E-state index in [2.05, 4.69) is 4.90 Å². The van der Waals surface area contributed by atoms with E-state index in [-0.39, 0.29) is 42.3 Å². The van der Waals surface area contributed by atoms with Gasteiger partial charge in [0, 0.05) is 64.0 Å². The lowest BCUT2D eigenvalue weighted by atomic mass is 9.91. The van der Waals surface area contributed by atoms with Crippen molar-refractivity contribution >= 4 is 33.8 Å². The Bertz CT molecular complexity index is 1740. The predicted octanol–water partition coefficient (Wildman–Crippen LogP) is 4.79. The Kier molecular flexibility index (Phi) is 13.6. The van der Waals surface area contributed by atoms with Crippen LogP contribution in [-0.4, -0.2) is 125 Å². The molecule has 2 aromatic rings. The average molecular weight is 757 g/mol. The number of benzene rings is 2. The molecule has 0 saturated carbocycles. The zero-order valence-electron chi connectivity index (χ0n) is 31.3. The molecule has 2 aromatic carbocycles. The summed E-state index contributed by atoms with van der Waals surface area (Å²) in [6.07, 6.45) is 3.64. The predicted molar refractivity (Wildman–Crippen MR) is 201 cm³/mol. The highest BCUT2D eigenvalue weighted by Crippen LogP contribution is 2.29. The first-order valence-electron chi connectivity index (χ1n) is 18.3. The van der Waals surface area contributed by atoms with E-state index < -0.39 is 40.1 Å². The average Bonchev–Trinajstić information content (AvgIpc) is 3.14. The molecule has 290 valence electrons. The number of aliphatic hydroxyl groups excluding tert-OH is 1. The lowest BCUT2D eigenvalue weighted by molar-refractivity contribution is -0.151. The quantitative estimate of drug-likeness (QED) is 0.311. The summed E-state index contributed by atoms with van der Waals surface area (Å²) in [6.45, 7) is 9.58. The molecular weight excluding hydrogens is 704 g/mol. The van der Waals surface area contributed by atoms with E-state index in [4.69, 9.17) is 14.2 Å². The van der Waals surface area contributed by atoms with Crippen molar-refractivity contribution in [3.63, 3.8) is 0 Å². The Morgan fingerprint density at radius 3 is 2.30 bits per heavy atom. The number of rotatable bonds is 7. The van der Waals surface area contributed by atoms with Crippen LogP contribution in [0.2, 0.25) is 0 Å². The van der Waals surface area contributed by atoms with Gasteiger partial charge in [-0.2, -0.15) is 4.31 Å². The van der Waals surface area contributed by atoms with E-state index in [1.165, 1.54) is 35.7 Å². The zero-order chi connectivity index (χ0) is 38.3. The van der Waals surface area contributed by atoms with Gasteiger partial charge in [0.2, 0.25) is 10.0 Å². The molecule has 0 aromatic heterocycles. The lowest BCUT2D eigenvalue weighted by Crippen LogP contribution is -2.48. The number of likely N-dealkylation sites (N-methyl/N-ethyl adjacent to an activating group) is 1. The lowest BCUT2D eigenvalue weighted by Gasteiger charge is -2.35. The number of hydrogen-bond acceptors (Lipinski definition) is 10. The highest BCUT2D eigenvalue weighted by molar-refractivity contribution is 7.89. The molecule has 3 aliphatic heterocycles. The number of cyclic esters (lactones) is 1. The first-order chi connectivity index (χ1) is 25.2. The Balaban J connectivity index is 1.31. The van der Waals surface area contributed by atoms with Crippen LogP contribution in [0.3, 0.4) is 0 Å². The molecular formula is C39H53FN4O8S. The second kappa shape index (κ2) is 17.9. The summed E-state index contributed by atoms with van der Waals surface area (Å²) in [5, 5.41) is 10.7. The molecule has 2 saturated heterocycles. The fraction of sp³-hybridized carbons (Fsp3) is 0.538. The first kappa shape index (κ1) is 40.2. The van der Waals surface area contributed by atoms with Crippen molar-refractivity contribution in [2.24, 2.45) is 11.8 Å². The maximum Gasteiger partial charge on any atom is 0.410 e. The van der Waals surface area contributed by atoms with Crippen LogP contribution in [0, 0.1) is 17.7 Å². The smallest absolute Gasteiger partial charge is 0.410 e. The van der Waals surface area contributed by atoms with Gasteiger partial charge >= 0.3 is 12.1 Å². The topological polar surface area (TPSA) is 129 Å². The number of methoxy groups -OCH3 is 1. The van der Waals surface area contributed by atoms with Crippen LogP contribution in [0.25, 0.3) is 6.08 Å². The van der Waals surface area contributed by atoms with Gasteiger partial charge in [-0.1, -0.05) is 26.0 Å². The van der Waals surface area contributed by atoms with Crippen molar-refractivity contribution in [2.45, 2.75) is 63.2 Å². The standard InChI is InChI=1S/C39H53FN4O8S/c1-27-6-8-33(45)26-37(46)52-38(28(2)7-13-36(27)51-39(47)43-16-14-41(4)15-17-43)29(3)22-30-23-31(40)25-32(24-30)42-18-20-44(21-19-42)53(48,49)35-11-9-34(50-5)10-12-35/h7,9-13,22-25,27-28,33,36,38,45H,6,8,14-21,26H2,1-5H3/b13-7-,29-22+/t27-,28-,33+,36-,38-/m0/s1. The Labute approximate surface area is 312 Å². The number of carbonyl (C=O) groups excluding carboxylic acids is 2.